The molecule has 1 saturated carbocycles. The lowest BCUT2D eigenvalue weighted by atomic mass is 9.98. The highest BCUT2D eigenvalue weighted by Crippen LogP contribution is 2.37. The number of hydrogen-bond donors (Lipinski definition) is 1. The first kappa shape index (κ1) is 11.7. The fraction of sp³-hybridized carbons (Fsp3) is 0.625. The average Bonchev–Trinajstić information content (AvgIpc) is 3.07. The fourth-order valence-corrected chi connectivity index (χ4v) is 4.13. The molecule has 1 aromatic rings. The number of ether oxygens (including phenoxy) is 1. The second kappa shape index (κ2) is 4.50. The molecule has 1 saturated heterocycles. The first-order valence-electron chi connectivity index (χ1n) is 7.52. The molecule has 3 atom stereocenters. The third-order valence-corrected chi connectivity index (χ3v) is 5.15. The zero-order valence-electron chi connectivity index (χ0n) is 11.3. The van der Waals surface area contributed by atoms with E-state index in [1.54, 1.807) is 0 Å². The van der Waals surface area contributed by atoms with Crippen LogP contribution in [0.3, 0.4) is 0 Å². The second-order valence-corrected chi connectivity index (χ2v) is 6.40. The predicted octanol–water partition coefficient (Wildman–Crippen LogP) is 1.79. The van der Waals surface area contributed by atoms with Gasteiger partial charge in [0.25, 0.3) is 0 Å². The Kier molecular flexibility index (Phi) is 2.78. The van der Waals surface area contributed by atoms with Crippen molar-refractivity contribution in [3.63, 3.8) is 0 Å². The summed E-state index contributed by atoms with van der Waals surface area (Å²) in [6, 6.07) is 7.14. The molecular weight excluding hydrogens is 236 g/mol. The van der Waals surface area contributed by atoms with Gasteiger partial charge in [0.2, 0.25) is 0 Å². The van der Waals surface area contributed by atoms with Crippen LogP contribution >= 0.6 is 0 Å². The topological polar surface area (TPSA) is 38.5 Å². The molecule has 0 aromatic heterocycles. The standard InChI is InChI=1S/C16H22N2O/c17-15-3-2-13-9-18(10-14(13)15)8-11-1-4-16-12(7-11)5-6-19-16/h1,4,7,13-15H,2-3,5-6,8-10,17H2. The van der Waals surface area contributed by atoms with E-state index in [-0.39, 0.29) is 0 Å². The van der Waals surface area contributed by atoms with Crippen LogP contribution < -0.4 is 10.5 Å². The summed E-state index contributed by atoms with van der Waals surface area (Å²) in [5, 5.41) is 0. The molecule has 1 aromatic carbocycles. The van der Waals surface area contributed by atoms with Crippen LogP contribution in [0.15, 0.2) is 18.2 Å². The molecule has 0 bridgehead atoms. The lowest BCUT2D eigenvalue weighted by Crippen LogP contribution is -2.30. The van der Waals surface area contributed by atoms with E-state index in [2.05, 4.69) is 23.1 Å². The second-order valence-electron chi connectivity index (χ2n) is 6.40. The van der Waals surface area contributed by atoms with Gasteiger partial charge in [0.05, 0.1) is 6.61 Å². The molecule has 3 heteroatoms. The molecule has 2 N–H and O–H groups in total. The molecule has 0 spiro atoms. The Hall–Kier alpha value is -1.06. The highest BCUT2D eigenvalue weighted by molar-refractivity contribution is 5.39. The summed E-state index contributed by atoms with van der Waals surface area (Å²) in [7, 11) is 0. The van der Waals surface area contributed by atoms with E-state index >= 15 is 0 Å². The normalized spacial score (nSPS) is 33.2. The van der Waals surface area contributed by atoms with Crippen LogP contribution in [0.2, 0.25) is 0 Å². The Balaban J connectivity index is 1.45. The van der Waals surface area contributed by atoms with Crippen molar-refractivity contribution < 1.29 is 4.74 Å². The molecule has 1 aliphatic carbocycles. The number of rotatable bonds is 2. The molecule has 2 heterocycles. The van der Waals surface area contributed by atoms with E-state index in [0.717, 1.165) is 37.2 Å². The monoisotopic (exact) mass is 258 g/mol. The molecule has 3 nitrogen and oxygen atoms in total. The largest absolute Gasteiger partial charge is 0.493 e. The van der Waals surface area contributed by atoms with Crippen LogP contribution in [-0.2, 0) is 13.0 Å². The Morgan fingerprint density at radius 3 is 3.11 bits per heavy atom. The summed E-state index contributed by atoms with van der Waals surface area (Å²) in [6.07, 6.45) is 3.64. The number of likely N-dealkylation sites (tertiary alicyclic amines) is 1. The van der Waals surface area contributed by atoms with Gasteiger partial charge in [0.15, 0.2) is 0 Å². The number of hydrogen-bond acceptors (Lipinski definition) is 3. The zero-order valence-corrected chi connectivity index (χ0v) is 11.3. The highest BCUT2D eigenvalue weighted by atomic mass is 16.5. The molecule has 3 unspecified atom stereocenters. The lowest BCUT2D eigenvalue weighted by Gasteiger charge is -2.18. The van der Waals surface area contributed by atoms with Gasteiger partial charge in [-0.3, -0.25) is 4.90 Å². The summed E-state index contributed by atoms with van der Waals surface area (Å²) < 4.78 is 5.57. The molecule has 19 heavy (non-hydrogen) atoms. The minimum Gasteiger partial charge on any atom is -0.493 e. The predicted molar refractivity (Wildman–Crippen MR) is 75.1 cm³/mol. The minimum absolute atomic E-state index is 0.448. The van der Waals surface area contributed by atoms with Gasteiger partial charge < -0.3 is 10.5 Å². The third kappa shape index (κ3) is 2.05. The van der Waals surface area contributed by atoms with E-state index in [1.165, 1.54) is 37.1 Å². The van der Waals surface area contributed by atoms with Crippen molar-refractivity contribution in [2.45, 2.75) is 31.8 Å². The smallest absolute Gasteiger partial charge is 0.122 e. The minimum atomic E-state index is 0.448. The molecule has 3 aliphatic rings. The van der Waals surface area contributed by atoms with Crippen LogP contribution in [0, 0.1) is 11.8 Å². The Bertz CT molecular complexity index is 488. The summed E-state index contributed by atoms with van der Waals surface area (Å²) in [6.45, 7) is 4.36. The molecule has 4 rings (SSSR count). The first-order valence-corrected chi connectivity index (χ1v) is 7.52. The first-order chi connectivity index (χ1) is 9.29. The number of fused-ring (bicyclic) bond motifs is 2. The summed E-state index contributed by atoms with van der Waals surface area (Å²) in [4.78, 5) is 2.59. The van der Waals surface area contributed by atoms with Crippen LogP contribution in [0.25, 0.3) is 0 Å². The maximum absolute atomic E-state index is 6.21. The van der Waals surface area contributed by atoms with E-state index in [0.29, 0.717) is 6.04 Å². The highest BCUT2D eigenvalue weighted by Gasteiger charge is 2.40. The average molecular weight is 258 g/mol. The molecule has 0 amide bonds. The van der Waals surface area contributed by atoms with Crippen molar-refractivity contribution in [3.05, 3.63) is 29.3 Å². The number of nitrogens with zero attached hydrogens (tertiary/aromatic N) is 1. The van der Waals surface area contributed by atoms with Crippen LogP contribution in [0.4, 0.5) is 0 Å². The Morgan fingerprint density at radius 1 is 1.26 bits per heavy atom. The number of nitrogens with two attached hydrogens (primary N) is 1. The van der Waals surface area contributed by atoms with Crippen molar-refractivity contribution in [2.24, 2.45) is 17.6 Å². The number of benzene rings is 1. The Morgan fingerprint density at radius 2 is 2.21 bits per heavy atom. The van der Waals surface area contributed by atoms with Crippen LogP contribution in [0.1, 0.15) is 24.0 Å². The zero-order chi connectivity index (χ0) is 12.8. The van der Waals surface area contributed by atoms with Crippen molar-refractivity contribution >= 4 is 0 Å². The van der Waals surface area contributed by atoms with E-state index in [4.69, 9.17) is 10.5 Å². The van der Waals surface area contributed by atoms with Crippen LogP contribution in [0.5, 0.6) is 5.75 Å². The van der Waals surface area contributed by atoms with Crippen molar-refractivity contribution in [1.29, 1.82) is 0 Å². The van der Waals surface area contributed by atoms with Gasteiger partial charge in [-0.05, 0) is 41.9 Å². The van der Waals surface area contributed by atoms with Gasteiger partial charge in [-0.1, -0.05) is 12.1 Å². The summed E-state index contributed by atoms with van der Waals surface area (Å²) in [5.41, 5.74) is 9.02. The van der Waals surface area contributed by atoms with E-state index in [9.17, 15) is 0 Å². The maximum atomic E-state index is 6.21. The van der Waals surface area contributed by atoms with Gasteiger partial charge in [0, 0.05) is 32.1 Å². The van der Waals surface area contributed by atoms with Crippen molar-refractivity contribution in [2.75, 3.05) is 19.7 Å². The maximum Gasteiger partial charge on any atom is 0.122 e. The van der Waals surface area contributed by atoms with Crippen LogP contribution in [-0.4, -0.2) is 30.6 Å². The van der Waals surface area contributed by atoms with Gasteiger partial charge in [-0.25, -0.2) is 0 Å². The molecule has 2 fully saturated rings. The van der Waals surface area contributed by atoms with Gasteiger partial charge in [0.1, 0.15) is 5.75 Å². The quantitative estimate of drug-likeness (QED) is 0.879. The van der Waals surface area contributed by atoms with Crippen molar-refractivity contribution in [3.8, 4) is 5.75 Å². The van der Waals surface area contributed by atoms with Gasteiger partial charge in [-0.15, -0.1) is 0 Å². The Labute approximate surface area is 114 Å². The fourth-order valence-electron chi connectivity index (χ4n) is 4.13. The molecule has 102 valence electrons. The lowest BCUT2D eigenvalue weighted by molar-refractivity contribution is 0.298. The molecule has 2 aliphatic heterocycles. The third-order valence-electron chi connectivity index (χ3n) is 5.15. The van der Waals surface area contributed by atoms with Crippen molar-refractivity contribution in [1.82, 2.24) is 4.90 Å². The van der Waals surface area contributed by atoms with Gasteiger partial charge in [-0.2, -0.15) is 0 Å². The van der Waals surface area contributed by atoms with E-state index < -0.39 is 0 Å². The van der Waals surface area contributed by atoms with E-state index in [1.807, 2.05) is 0 Å². The summed E-state index contributed by atoms with van der Waals surface area (Å²) >= 11 is 0. The molecule has 0 radical (unpaired) electrons. The summed E-state index contributed by atoms with van der Waals surface area (Å²) in [5.74, 6) is 2.69. The SMILES string of the molecule is NC1CCC2CN(Cc3ccc4c(c3)CCO4)CC12. The van der Waals surface area contributed by atoms with Gasteiger partial charge >= 0.3 is 0 Å². The molecular formula is C16H22N2O.